The van der Waals surface area contributed by atoms with E-state index < -0.39 is 5.41 Å². The summed E-state index contributed by atoms with van der Waals surface area (Å²) in [5.41, 5.74) is 14.6. The highest BCUT2D eigenvalue weighted by Crippen LogP contribution is 2.57. The van der Waals surface area contributed by atoms with Gasteiger partial charge in [0.05, 0.1) is 5.41 Å². The molecule has 0 fully saturated rings. The molecule has 0 saturated heterocycles. The van der Waals surface area contributed by atoms with Crippen molar-refractivity contribution in [1.29, 1.82) is 0 Å². The predicted molar refractivity (Wildman–Crippen MR) is 264 cm³/mol. The fourth-order valence-corrected chi connectivity index (χ4v) is 11.0. The summed E-state index contributed by atoms with van der Waals surface area (Å²) in [4.78, 5) is 2.42. The molecule has 1 aliphatic rings. The smallest absolute Gasteiger partial charge is 0.136 e. The number of anilines is 3. The van der Waals surface area contributed by atoms with Gasteiger partial charge >= 0.3 is 0 Å². The first-order valence-corrected chi connectivity index (χ1v) is 21.8. The van der Waals surface area contributed by atoms with Crippen LogP contribution in [0.3, 0.4) is 0 Å². The molecule has 1 aliphatic carbocycles. The highest BCUT2D eigenvalue weighted by molar-refractivity contribution is 6.36. The highest BCUT2D eigenvalue weighted by Gasteiger charge is 2.46. The van der Waals surface area contributed by atoms with Crippen LogP contribution in [0.4, 0.5) is 17.1 Å². The SMILES string of the molecule is c1ccc(N(c2cccc(-c3cccc4c5ccc6oc7ccccc7c6c5c5ccccc5c34)c2)c2ccc3c(c2)C(c2ccccc2)(c2ccccc2)c2ccccc2-3)cc1. The Labute approximate surface area is 365 Å². The molecule has 0 atom stereocenters. The van der Waals surface area contributed by atoms with Gasteiger partial charge < -0.3 is 9.32 Å². The molecule has 12 aromatic rings. The minimum absolute atomic E-state index is 0.504. The first kappa shape index (κ1) is 35.5. The fraction of sp³-hybridized carbons (Fsp3) is 0.0164. The number of hydrogen-bond acceptors (Lipinski definition) is 2. The minimum Gasteiger partial charge on any atom is -0.456 e. The van der Waals surface area contributed by atoms with Crippen LogP contribution in [0.15, 0.2) is 241 Å². The number of fused-ring (bicyclic) bond motifs is 13. The van der Waals surface area contributed by atoms with Crippen LogP contribution < -0.4 is 4.90 Å². The lowest BCUT2D eigenvalue weighted by atomic mass is 9.67. The zero-order valence-electron chi connectivity index (χ0n) is 34.4. The molecule has 0 spiro atoms. The second kappa shape index (κ2) is 13.9. The second-order valence-electron chi connectivity index (χ2n) is 16.7. The zero-order valence-corrected chi connectivity index (χ0v) is 34.4. The maximum Gasteiger partial charge on any atom is 0.136 e. The molecule has 1 aromatic heterocycles. The van der Waals surface area contributed by atoms with Crippen LogP contribution >= 0.6 is 0 Å². The lowest BCUT2D eigenvalue weighted by Gasteiger charge is -2.35. The summed E-state index contributed by atoms with van der Waals surface area (Å²) in [7, 11) is 0. The van der Waals surface area contributed by atoms with Crippen LogP contribution in [-0.4, -0.2) is 0 Å². The number of para-hydroxylation sites is 2. The highest BCUT2D eigenvalue weighted by atomic mass is 16.3. The van der Waals surface area contributed by atoms with Gasteiger partial charge in [0, 0.05) is 33.2 Å². The maximum atomic E-state index is 6.42. The molecule has 0 unspecified atom stereocenters. The second-order valence-corrected chi connectivity index (χ2v) is 16.7. The normalized spacial score (nSPS) is 12.9. The molecular formula is C61H39NO. The zero-order chi connectivity index (χ0) is 41.5. The first-order chi connectivity index (χ1) is 31.3. The van der Waals surface area contributed by atoms with Crippen molar-refractivity contribution in [2.45, 2.75) is 5.41 Å². The van der Waals surface area contributed by atoms with Gasteiger partial charge in [-0.1, -0.05) is 182 Å². The van der Waals surface area contributed by atoms with Crippen molar-refractivity contribution in [1.82, 2.24) is 0 Å². The number of rotatable bonds is 6. The molecule has 0 bridgehead atoms. The van der Waals surface area contributed by atoms with Gasteiger partial charge in [0.2, 0.25) is 0 Å². The van der Waals surface area contributed by atoms with Crippen molar-refractivity contribution in [3.8, 4) is 22.3 Å². The molecule has 1 heterocycles. The summed E-state index contributed by atoms with van der Waals surface area (Å²) < 4.78 is 6.42. The molecule has 0 radical (unpaired) electrons. The van der Waals surface area contributed by atoms with Gasteiger partial charge in [-0.3, -0.25) is 0 Å². The molecule has 0 saturated carbocycles. The Morgan fingerprint density at radius 3 is 1.60 bits per heavy atom. The van der Waals surface area contributed by atoms with Gasteiger partial charge in [0.25, 0.3) is 0 Å². The van der Waals surface area contributed by atoms with E-state index in [4.69, 9.17) is 4.42 Å². The summed E-state index contributed by atoms with van der Waals surface area (Å²) in [6, 6.07) is 86.6. The molecule has 0 N–H and O–H groups in total. The third-order valence-electron chi connectivity index (χ3n) is 13.5. The summed E-state index contributed by atoms with van der Waals surface area (Å²) in [6.07, 6.45) is 0. The van der Waals surface area contributed by atoms with Gasteiger partial charge in [-0.25, -0.2) is 0 Å². The quantitative estimate of drug-likeness (QED) is 0.156. The third kappa shape index (κ3) is 5.19. The van der Waals surface area contributed by atoms with E-state index in [0.29, 0.717) is 0 Å². The van der Waals surface area contributed by atoms with E-state index in [1.165, 1.54) is 76.6 Å². The van der Waals surface area contributed by atoms with Gasteiger partial charge in [-0.15, -0.1) is 0 Å². The minimum atomic E-state index is -0.504. The Morgan fingerprint density at radius 1 is 0.302 bits per heavy atom. The predicted octanol–water partition coefficient (Wildman–Crippen LogP) is 16.5. The average molecular weight is 802 g/mol. The Bertz CT molecular complexity index is 3670. The fourth-order valence-electron chi connectivity index (χ4n) is 11.0. The molecule has 13 rings (SSSR count). The molecule has 0 aliphatic heterocycles. The van der Waals surface area contributed by atoms with Crippen molar-refractivity contribution in [2.75, 3.05) is 4.90 Å². The van der Waals surface area contributed by atoms with Crippen molar-refractivity contribution < 1.29 is 4.42 Å². The van der Waals surface area contributed by atoms with E-state index in [1.54, 1.807) is 0 Å². The average Bonchev–Trinajstić information content (AvgIpc) is 3.89. The number of nitrogens with zero attached hydrogens (tertiary/aromatic N) is 1. The van der Waals surface area contributed by atoms with Crippen LogP contribution in [0, 0.1) is 0 Å². The van der Waals surface area contributed by atoms with Crippen molar-refractivity contribution in [3.63, 3.8) is 0 Å². The van der Waals surface area contributed by atoms with Crippen LogP contribution in [0.25, 0.3) is 76.5 Å². The van der Waals surface area contributed by atoms with Gasteiger partial charge in [0.15, 0.2) is 0 Å². The largest absolute Gasteiger partial charge is 0.456 e. The van der Waals surface area contributed by atoms with Crippen LogP contribution in [0.1, 0.15) is 22.3 Å². The van der Waals surface area contributed by atoms with Crippen molar-refractivity contribution in [2.24, 2.45) is 0 Å². The third-order valence-corrected chi connectivity index (χ3v) is 13.5. The number of furan rings is 1. The van der Waals surface area contributed by atoms with E-state index in [2.05, 4.69) is 235 Å². The monoisotopic (exact) mass is 801 g/mol. The molecule has 11 aromatic carbocycles. The Hall–Kier alpha value is -8.20. The van der Waals surface area contributed by atoms with Crippen LogP contribution in [-0.2, 0) is 5.41 Å². The van der Waals surface area contributed by atoms with E-state index in [9.17, 15) is 0 Å². The lowest BCUT2D eigenvalue weighted by Crippen LogP contribution is -2.28. The summed E-state index contributed by atoms with van der Waals surface area (Å²) in [5.74, 6) is 0. The number of hydrogen-bond donors (Lipinski definition) is 0. The van der Waals surface area contributed by atoms with E-state index in [-0.39, 0.29) is 0 Å². The summed E-state index contributed by atoms with van der Waals surface area (Å²) in [5, 5.41) is 9.73. The summed E-state index contributed by atoms with van der Waals surface area (Å²) in [6.45, 7) is 0. The topological polar surface area (TPSA) is 16.4 Å². The van der Waals surface area contributed by atoms with E-state index in [1.807, 2.05) is 6.07 Å². The summed E-state index contributed by atoms with van der Waals surface area (Å²) >= 11 is 0. The van der Waals surface area contributed by atoms with Gasteiger partial charge in [-0.05, 0) is 126 Å². The Balaban J connectivity index is 1.04. The van der Waals surface area contributed by atoms with Crippen LogP contribution in [0.5, 0.6) is 0 Å². The van der Waals surface area contributed by atoms with Crippen molar-refractivity contribution >= 4 is 71.3 Å². The molecular weight excluding hydrogens is 763 g/mol. The van der Waals surface area contributed by atoms with Gasteiger partial charge in [-0.2, -0.15) is 0 Å². The lowest BCUT2D eigenvalue weighted by molar-refractivity contribution is 0.669. The molecule has 2 nitrogen and oxygen atoms in total. The number of benzene rings is 11. The molecule has 63 heavy (non-hydrogen) atoms. The molecule has 2 heteroatoms. The van der Waals surface area contributed by atoms with Gasteiger partial charge in [0.1, 0.15) is 11.2 Å². The van der Waals surface area contributed by atoms with E-state index >= 15 is 0 Å². The molecule has 294 valence electrons. The maximum absolute atomic E-state index is 6.42. The first-order valence-electron chi connectivity index (χ1n) is 21.8. The Morgan fingerprint density at radius 2 is 0.841 bits per heavy atom. The molecule has 0 amide bonds. The standard InChI is InChI=1S/C61H39NO/c1-4-19-41(20-5-1)61(42-21-6-2-7-22-42)54-32-14-12-26-47(54)48-35-34-45(39-55(48)61)62(43-23-8-3-9-24-43)44-25-16-18-40(38-44)46-30-17-31-50-52-36-37-57-60(53-29-13-15-33-56(53)63-57)59(52)51-28-11-10-27-49(51)58(46)50/h1-39H. The van der Waals surface area contributed by atoms with Crippen molar-refractivity contribution in [3.05, 3.63) is 259 Å². The van der Waals surface area contributed by atoms with E-state index in [0.717, 1.165) is 39.2 Å². The van der Waals surface area contributed by atoms with Crippen LogP contribution in [0.2, 0.25) is 0 Å². The Kier molecular flexibility index (Phi) is 7.85.